The third kappa shape index (κ3) is 2.59. The maximum atomic E-state index is 12.8. The molecule has 19 heavy (non-hydrogen) atoms. The Morgan fingerprint density at radius 2 is 2.11 bits per heavy atom. The normalized spacial score (nSPS) is 30.3. The molecule has 0 bridgehead atoms. The van der Waals surface area contributed by atoms with Gasteiger partial charge < -0.3 is 20.5 Å². The highest BCUT2D eigenvalue weighted by atomic mass is 32.2. The molecule has 2 rings (SSSR count). The van der Waals surface area contributed by atoms with Crippen LogP contribution in [0.2, 0.25) is 0 Å². The fourth-order valence-electron chi connectivity index (χ4n) is 2.68. The Bertz CT molecular complexity index is 371. The van der Waals surface area contributed by atoms with E-state index in [-0.39, 0.29) is 17.8 Å². The number of ether oxygens (including phenoxy) is 1. The molecule has 2 atom stereocenters. The van der Waals surface area contributed by atoms with Crippen molar-refractivity contribution in [2.75, 3.05) is 25.5 Å². The van der Waals surface area contributed by atoms with Crippen molar-refractivity contribution in [3.63, 3.8) is 0 Å². The van der Waals surface area contributed by atoms with E-state index in [9.17, 15) is 14.7 Å². The first-order valence-corrected chi connectivity index (χ1v) is 7.52. The Kier molecular flexibility index (Phi) is 4.37. The van der Waals surface area contributed by atoms with Crippen molar-refractivity contribution in [2.45, 2.75) is 31.2 Å². The molecule has 2 saturated heterocycles. The van der Waals surface area contributed by atoms with Crippen LogP contribution in [0.3, 0.4) is 0 Å². The van der Waals surface area contributed by atoms with E-state index in [2.05, 4.69) is 0 Å². The zero-order chi connectivity index (χ0) is 14.0. The van der Waals surface area contributed by atoms with E-state index in [1.807, 2.05) is 6.92 Å². The number of nitrogens with two attached hydrogens (primary N) is 1. The molecule has 0 aromatic heterocycles. The number of carboxylic acids is 1. The summed E-state index contributed by atoms with van der Waals surface area (Å²) in [6.07, 6.45) is 1.14. The van der Waals surface area contributed by atoms with E-state index in [0.29, 0.717) is 31.8 Å². The third-order valence-corrected chi connectivity index (χ3v) is 5.25. The number of hydrogen-bond acceptors (Lipinski definition) is 5. The average molecular weight is 288 g/mol. The molecule has 0 spiro atoms. The van der Waals surface area contributed by atoms with Crippen molar-refractivity contribution in [3.8, 4) is 0 Å². The summed E-state index contributed by atoms with van der Waals surface area (Å²) >= 11 is 1.50. The minimum atomic E-state index is -0.940. The summed E-state index contributed by atoms with van der Waals surface area (Å²) in [6.45, 7) is 3.14. The van der Waals surface area contributed by atoms with Crippen molar-refractivity contribution in [1.29, 1.82) is 0 Å². The molecule has 6 nitrogen and oxygen atoms in total. The van der Waals surface area contributed by atoms with Crippen LogP contribution in [0.4, 0.5) is 0 Å². The van der Waals surface area contributed by atoms with Gasteiger partial charge in [0.05, 0.1) is 10.8 Å². The molecule has 0 aromatic rings. The van der Waals surface area contributed by atoms with E-state index >= 15 is 0 Å². The molecule has 108 valence electrons. The second kappa shape index (κ2) is 5.68. The smallest absolute Gasteiger partial charge is 0.327 e. The molecule has 2 aliphatic rings. The molecule has 0 aromatic carbocycles. The number of thioether (sulfide) groups is 1. The largest absolute Gasteiger partial charge is 0.480 e. The molecular weight excluding hydrogens is 268 g/mol. The maximum absolute atomic E-state index is 12.8. The lowest BCUT2D eigenvalue weighted by molar-refractivity contribution is -0.157. The average Bonchev–Trinajstić information content (AvgIpc) is 2.80. The SMILES string of the molecule is CC1SCC(C(=O)O)N1C(=O)C1(CN)CCOCC1. The van der Waals surface area contributed by atoms with E-state index in [1.54, 1.807) is 0 Å². The van der Waals surface area contributed by atoms with Crippen molar-refractivity contribution in [3.05, 3.63) is 0 Å². The molecule has 7 heteroatoms. The standard InChI is InChI=1S/C12H20N2O4S/c1-8-14(9(6-19-8)10(15)16)11(17)12(7-13)2-4-18-5-3-12/h8-9H,2-7,13H2,1H3,(H,15,16). The zero-order valence-corrected chi connectivity index (χ0v) is 11.8. The van der Waals surface area contributed by atoms with Crippen molar-refractivity contribution < 1.29 is 19.4 Å². The summed E-state index contributed by atoms with van der Waals surface area (Å²) in [5, 5.41) is 9.13. The van der Waals surface area contributed by atoms with Gasteiger partial charge in [-0.1, -0.05) is 0 Å². The summed E-state index contributed by atoms with van der Waals surface area (Å²) in [4.78, 5) is 25.6. The molecule has 2 heterocycles. The second-order valence-electron chi connectivity index (χ2n) is 5.10. The molecular formula is C12H20N2O4S. The predicted molar refractivity (Wildman–Crippen MR) is 71.7 cm³/mol. The van der Waals surface area contributed by atoms with Crippen molar-refractivity contribution in [1.82, 2.24) is 4.90 Å². The second-order valence-corrected chi connectivity index (χ2v) is 6.44. The summed E-state index contributed by atoms with van der Waals surface area (Å²) in [5.74, 6) is -0.619. The highest BCUT2D eigenvalue weighted by Crippen LogP contribution is 2.37. The lowest BCUT2D eigenvalue weighted by Crippen LogP contribution is -2.55. The van der Waals surface area contributed by atoms with Gasteiger partial charge in [-0.2, -0.15) is 0 Å². The van der Waals surface area contributed by atoms with Gasteiger partial charge in [0, 0.05) is 25.5 Å². The van der Waals surface area contributed by atoms with Gasteiger partial charge in [-0.25, -0.2) is 4.79 Å². The van der Waals surface area contributed by atoms with Crippen LogP contribution in [0, 0.1) is 5.41 Å². The molecule has 3 N–H and O–H groups in total. The summed E-state index contributed by atoms with van der Waals surface area (Å²) in [6, 6.07) is -0.737. The fourth-order valence-corrected chi connectivity index (χ4v) is 3.85. The number of carbonyl (C=O) groups is 2. The quantitative estimate of drug-likeness (QED) is 0.766. The van der Waals surface area contributed by atoms with Crippen LogP contribution in [0.25, 0.3) is 0 Å². The van der Waals surface area contributed by atoms with E-state index in [4.69, 9.17) is 10.5 Å². The van der Waals surface area contributed by atoms with Crippen LogP contribution in [0.5, 0.6) is 0 Å². The topological polar surface area (TPSA) is 92.9 Å². The number of amides is 1. The Morgan fingerprint density at radius 1 is 1.47 bits per heavy atom. The third-order valence-electron chi connectivity index (χ3n) is 4.04. The van der Waals surface area contributed by atoms with Crippen LogP contribution in [-0.4, -0.2) is 58.8 Å². The molecule has 0 aliphatic carbocycles. The monoisotopic (exact) mass is 288 g/mol. The van der Waals surface area contributed by atoms with Gasteiger partial charge in [0.2, 0.25) is 5.91 Å². The van der Waals surface area contributed by atoms with Gasteiger partial charge >= 0.3 is 5.97 Å². The number of carboxylic acid groups (broad SMARTS) is 1. The number of rotatable bonds is 3. The lowest BCUT2D eigenvalue weighted by Gasteiger charge is -2.39. The highest BCUT2D eigenvalue weighted by molar-refractivity contribution is 8.00. The van der Waals surface area contributed by atoms with Crippen LogP contribution >= 0.6 is 11.8 Å². The number of nitrogens with zero attached hydrogens (tertiary/aromatic N) is 1. The van der Waals surface area contributed by atoms with E-state index in [1.165, 1.54) is 16.7 Å². The number of carbonyl (C=O) groups excluding carboxylic acids is 1. The van der Waals surface area contributed by atoms with Crippen LogP contribution in [0.1, 0.15) is 19.8 Å². The molecule has 1 amide bonds. The Morgan fingerprint density at radius 3 is 2.63 bits per heavy atom. The number of hydrogen-bond donors (Lipinski definition) is 2. The van der Waals surface area contributed by atoms with E-state index < -0.39 is 17.4 Å². The zero-order valence-electron chi connectivity index (χ0n) is 11.0. The summed E-state index contributed by atoms with van der Waals surface area (Å²) in [5.41, 5.74) is 5.17. The Balaban J connectivity index is 2.22. The molecule has 2 unspecified atom stereocenters. The van der Waals surface area contributed by atoms with Crippen LogP contribution in [0.15, 0.2) is 0 Å². The maximum Gasteiger partial charge on any atom is 0.327 e. The first-order valence-electron chi connectivity index (χ1n) is 6.47. The van der Waals surface area contributed by atoms with Gasteiger partial charge in [-0.05, 0) is 19.8 Å². The summed E-state index contributed by atoms with van der Waals surface area (Å²) < 4.78 is 5.29. The first kappa shape index (κ1) is 14.6. The molecule has 0 radical (unpaired) electrons. The van der Waals surface area contributed by atoms with E-state index in [0.717, 1.165) is 0 Å². The van der Waals surface area contributed by atoms with Gasteiger partial charge in [-0.15, -0.1) is 11.8 Å². The van der Waals surface area contributed by atoms with Crippen molar-refractivity contribution in [2.24, 2.45) is 11.1 Å². The molecule has 2 fully saturated rings. The van der Waals surface area contributed by atoms with Crippen LogP contribution < -0.4 is 5.73 Å². The van der Waals surface area contributed by atoms with Gasteiger partial charge in [0.15, 0.2) is 0 Å². The Hall–Kier alpha value is -0.790. The van der Waals surface area contributed by atoms with Gasteiger partial charge in [0.1, 0.15) is 6.04 Å². The fraction of sp³-hybridized carbons (Fsp3) is 0.833. The van der Waals surface area contributed by atoms with Gasteiger partial charge in [-0.3, -0.25) is 4.79 Å². The minimum Gasteiger partial charge on any atom is -0.480 e. The molecule has 0 saturated carbocycles. The van der Waals surface area contributed by atoms with Crippen molar-refractivity contribution >= 4 is 23.6 Å². The highest BCUT2D eigenvalue weighted by Gasteiger charge is 2.48. The van der Waals surface area contributed by atoms with Crippen LogP contribution in [-0.2, 0) is 14.3 Å². The first-order chi connectivity index (χ1) is 9.02. The van der Waals surface area contributed by atoms with Gasteiger partial charge in [0.25, 0.3) is 0 Å². The predicted octanol–water partition coefficient (Wildman–Crippen LogP) is 0.117. The number of aliphatic carboxylic acids is 1. The summed E-state index contributed by atoms with van der Waals surface area (Å²) in [7, 11) is 0. The minimum absolute atomic E-state index is 0.111. The molecule has 2 aliphatic heterocycles. The lowest BCUT2D eigenvalue weighted by atomic mass is 9.78. The Labute approximate surface area is 116 Å².